The van der Waals surface area contributed by atoms with Crippen LogP contribution in [0.15, 0.2) is 52.4 Å². The van der Waals surface area contributed by atoms with Crippen LogP contribution in [0.1, 0.15) is 35.8 Å². The average Bonchev–Trinajstić information content (AvgIpc) is 2.76. The summed E-state index contributed by atoms with van der Waals surface area (Å²) >= 11 is 7.26. The molecule has 168 valence electrons. The van der Waals surface area contributed by atoms with Crippen LogP contribution in [0, 0.1) is 0 Å². The Labute approximate surface area is 195 Å². The van der Waals surface area contributed by atoms with E-state index in [0.29, 0.717) is 39.8 Å². The normalized spacial score (nSPS) is 12.0. The number of aromatic nitrogens is 2. The zero-order valence-electron chi connectivity index (χ0n) is 18.1. The zero-order valence-corrected chi connectivity index (χ0v) is 19.6. The molecular weight excluding hydrogens is 450 g/mol. The summed E-state index contributed by atoms with van der Waals surface area (Å²) in [6, 6.07) is 11.9. The maximum atomic E-state index is 13.0. The predicted molar refractivity (Wildman–Crippen MR) is 127 cm³/mol. The number of nitrogens with one attached hydrogen (secondary N) is 1. The maximum Gasteiger partial charge on any atom is 0.262 e. The second-order valence-electron chi connectivity index (χ2n) is 7.26. The molecule has 1 aromatic heterocycles. The highest BCUT2D eigenvalue weighted by Gasteiger charge is 2.15. The lowest BCUT2D eigenvalue weighted by molar-refractivity contribution is -0.119. The SMILES string of the molecule is COCCn1c(SCC(=O)c2ccc(C(C)NC(C)=O)cc2)nc2cc(Cl)ccc2c1=O. The molecule has 1 N–H and O–H groups in total. The third-order valence-corrected chi connectivity index (χ3v) is 6.10. The standard InChI is InChI=1S/C23H24ClN3O4S/c1-14(25-15(2)28)16-4-6-17(7-5-16)21(29)13-32-23-26-20-12-18(24)8-9-19(20)22(30)27(23)10-11-31-3/h4-9,12,14H,10-11,13H2,1-3H3,(H,25,28). The van der Waals surface area contributed by atoms with Crippen LogP contribution in [0.3, 0.4) is 0 Å². The van der Waals surface area contributed by atoms with Crippen molar-refractivity contribution in [3.8, 4) is 0 Å². The van der Waals surface area contributed by atoms with Gasteiger partial charge >= 0.3 is 0 Å². The van der Waals surface area contributed by atoms with Gasteiger partial charge in [-0.2, -0.15) is 0 Å². The van der Waals surface area contributed by atoms with Crippen molar-refractivity contribution in [2.24, 2.45) is 0 Å². The number of halogens is 1. The number of fused-ring (bicyclic) bond motifs is 1. The molecule has 3 rings (SSSR count). The molecule has 1 atom stereocenters. The van der Waals surface area contributed by atoms with Crippen molar-refractivity contribution in [1.82, 2.24) is 14.9 Å². The molecule has 0 fully saturated rings. The van der Waals surface area contributed by atoms with E-state index in [2.05, 4.69) is 10.3 Å². The van der Waals surface area contributed by atoms with Crippen LogP contribution in [-0.2, 0) is 16.1 Å². The van der Waals surface area contributed by atoms with Gasteiger partial charge in [0.15, 0.2) is 10.9 Å². The maximum absolute atomic E-state index is 13.0. The predicted octanol–water partition coefficient (Wildman–Crippen LogP) is 3.87. The molecule has 9 heteroatoms. The van der Waals surface area contributed by atoms with Crippen molar-refractivity contribution >= 4 is 46.0 Å². The van der Waals surface area contributed by atoms with Gasteiger partial charge in [-0.3, -0.25) is 19.0 Å². The largest absolute Gasteiger partial charge is 0.383 e. The van der Waals surface area contributed by atoms with Gasteiger partial charge in [-0.1, -0.05) is 47.6 Å². The van der Waals surface area contributed by atoms with Gasteiger partial charge in [-0.15, -0.1) is 0 Å². The topological polar surface area (TPSA) is 90.3 Å². The van der Waals surface area contributed by atoms with Crippen molar-refractivity contribution in [1.29, 1.82) is 0 Å². The Morgan fingerprint density at radius 2 is 1.94 bits per heavy atom. The van der Waals surface area contributed by atoms with Crippen molar-refractivity contribution in [2.75, 3.05) is 19.5 Å². The molecule has 0 aliphatic rings. The number of carbonyl (C=O) groups is 2. The lowest BCUT2D eigenvalue weighted by Gasteiger charge is -2.14. The minimum Gasteiger partial charge on any atom is -0.383 e. The first-order valence-electron chi connectivity index (χ1n) is 10.0. The number of thioether (sulfide) groups is 1. The Morgan fingerprint density at radius 1 is 1.22 bits per heavy atom. The highest BCUT2D eigenvalue weighted by atomic mass is 35.5. The van der Waals surface area contributed by atoms with Gasteiger partial charge in [-0.05, 0) is 30.7 Å². The second-order valence-corrected chi connectivity index (χ2v) is 8.64. The molecule has 7 nitrogen and oxygen atoms in total. The van der Waals surface area contributed by atoms with Crippen LogP contribution in [0.5, 0.6) is 0 Å². The van der Waals surface area contributed by atoms with Gasteiger partial charge in [0, 0.05) is 24.6 Å². The zero-order chi connectivity index (χ0) is 23.3. The van der Waals surface area contributed by atoms with Crippen LogP contribution < -0.4 is 10.9 Å². The molecule has 2 aromatic carbocycles. The van der Waals surface area contributed by atoms with Crippen molar-refractivity contribution in [2.45, 2.75) is 31.6 Å². The fourth-order valence-corrected chi connectivity index (χ4v) is 4.31. The Balaban J connectivity index is 1.80. The number of benzene rings is 2. The minimum absolute atomic E-state index is 0.0903. The highest BCUT2D eigenvalue weighted by molar-refractivity contribution is 7.99. The van der Waals surface area contributed by atoms with Crippen LogP contribution >= 0.6 is 23.4 Å². The highest BCUT2D eigenvalue weighted by Crippen LogP contribution is 2.22. The number of carbonyl (C=O) groups excluding carboxylic acids is 2. The lowest BCUT2D eigenvalue weighted by Crippen LogP contribution is -2.25. The number of amides is 1. The van der Waals surface area contributed by atoms with E-state index in [1.807, 2.05) is 19.1 Å². The number of methoxy groups -OCH3 is 1. The van der Waals surface area contributed by atoms with E-state index in [1.165, 1.54) is 23.3 Å². The number of rotatable bonds is 9. The third kappa shape index (κ3) is 5.76. The van der Waals surface area contributed by atoms with Gasteiger partial charge < -0.3 is 10.1 Å². The molecule has 0 radical (unpaired) electrons. The Kier molecular flexibility index (Phi) is 8.06. The van der Waals surface area contributed by atoms with E-state index in [-0.39, 0.29) is 29.0 Å². The summed E-state index contributed by atoms with van der Waals surface area (Å²) in [6.07, 6.45) is 0. The van der Waals surface area contributed by atoms with E-state index < -0.39 is 0 Å². The third-order valence-electron chi connectivity index (χ3n) is 4.89. The summed E-state index contributed by atoms with van der Waals surface area (Å²) in [5, 5.41) is 4.20. The minimum atomic E-state index is -0.199. The van der Waals surface area contributed by atoms with E-state index in [9.17, 15) is 14.4 Å². The molecule has 0 spiro atoms. The number of ketones is 1. The first kappa shape index (κ1) is 24.0. The van der Waals surface area contributed by atoms with E-state index >= 15 is 0 Å². The Morgan fingerprint density at radius 3 is 2.59 bits per heavy atom. The first-order chi connectivity index (χ1) is 15.3. The van der Waals surface area contributed by atoms with Crippen molar-refractivity contribution in [3.63, 3.8) is 0 Å². The Bertz CT molecular complexity index is 1190. The Hall–Kier alpha value is -2.68. The molecule has 0 aliphatic heterocycles. The summed E-state index contributed by atoms with van der Waals surface area (Å²) in [5.74, 6) is -0.0864. The van der Waals surface area contributed by atoms with Crippen LogP contribution in [-0.4, -0.2) is 40.7 Å². The second kappa shape index (κ2) is 10.8. The summed E-state index contributed by atoms with van der Waals surface area (Å²) in [6.45, 7) is 4.01. The number of ether oxygens (including phenoxy) is 1. The summed E-state index contributed by atoms with van der Waals surface area (Å²) in [5.41, 5.74) is 1.74. The molecule has 0 saturated carbocycles. The lowest BCUT2D eigenvalue weighted by atomic mass is 10.0. The van der Waals surface area contributed by atoms with Gasteiger partial charge in [0.25, 0.3) is 5.56 Å². The van der Waals surface area contributed by atoms with E-state index in [4.69, 9.17) is 16.3 Å². The molecule has 1 unspecified atom stereocenters. The average molecular weight is 474 g/mol. The molecule has 0 aliphatic carbocycles. The quantitative estimate of drug-likeness (QED) is 0.288. The summed E-state index contributed by atoms with van der Waals surface area (Å²) < 4.78 is 6.65. The fraction of sp³-hybridized carbons (Fsp3) is 0.304. The summed E-state index contributed by atoms with van der Waals surface area (Å²) in [4.78, 5) is 41.5. The number of nitrogens with zero attached hydrogens (tertiary/aromatic N) is 2. The number of hydrogen-bond donors (Lipinski definition) is 1. The van der Waals surface area contributed by atoms with Crippen molar-refractivity contribution < 1.29 is 14.3 Å². The monoisotopic (exact) mass is 473 g/mol. The van der Waals surface area contributed by atoms with Crippen LogP contribution in [0.2, 0.25) is 5.02 Å². The molecule has 1 amide bonds. The van der Waals surface area contributed by atoms with Crippen LogP contribution in [0.4, 0.5) is 0 Å². The van der Waals surface area contributed by atoms with Crippen molar-refractivity contribution in [3.05, 3.63) is 69.0 Å². The molecule has 0 bridgehead atoms. The molecular formula is C23H24ClN3O4S. The number of hydrogen-bond acceptors (Lipinski definition) is 6. The number of Topliss-reactive ketones (excluding diaryl/α,β-unsaturated/α-hetero) is 1. The van der Waals surface area contributed by atoms with E-state index in [1.54, 1.807) is 37.4 Å². The smallest absolute Gasteiger partial charge is 0.262 e. The van der Waals surface area contributed by atoms with Gasteiger partial charge in [0.1, 0.15) is 0 Å². The van der Waals surface area contributed by atoms with Gasteiger partial charge in [-0.25, -0.2) is 4.98 Å². The fourth-order valence-electron chi connectivity index (χ4n) is 3.22. The van der Waals surface area contributed by atoms with Gasteiger partial charge in [0.05, 0.1) is 35.8 Å². The molecule has 32 heavy (non-hydrogen) atoms. The van der Waals surface area contributed by atoms with Gasteiger partial charge in [0.2, 0.25) is 5.91 Å². The first-order valence-corrected chi connectivity index (χ1v) is 11.4. The molecule has 0 saturated heterocycles. The summed E-state index contributed by atoms with van der Waals surface area (Å²) in [7, 11) is 1.56. The molecule has 1 heterocycles. The molecule has 3 aromatic rings. The van der Waals surface area contributed by atoms with E-state index in [0.717, 1.165) is 5.56 Å². The van der Waals surface area contributed by atoms with Crippen LogP contribution in [0.25, 0.3) is 10.9 Å².